The van der Waals surface area contributed by atoms with Crippen molar-refractivity contribution in [1.29, 1.82) is 0 Å². The zero-order chi connectivity index (χ0) is 17.4. The van der Waals surface area contributed by atoms with E-state index in [9.17, 15) is 9.90 Å². The minimum atomic E-state index is -1.01. The van der Waals surface area contributed by atoms with Gasteiger partial charge in [-0.05, 0) is 30.7 Å². The van der Waals surface area contributed by atoms with Crippen molar-refractivity contribution in [2.75, 3.05) is 0 Å². The van der Waals surface area contributed by atoms with Gasteiger partial charge in [-0.2, -0.15) is 5.10 Å². The van der Waals surface area contributed by atoms with Crippen molar-refractivity contribution >= 4 is 11.5 Å². The largest absolute Gasteiger partial charge is 0.478 e. The van der Waals surface area contributed by atoms with Crippen molar-refractivity contribution in [3.05, 3.63) is 78.1 Å². The summed E-state index contributed by atoms with van der Waals surface area (Å²) in [6.45, 7) is 1.87. The molecule has 3 aromatic heterocycles. The Bertz CT molecular complexity index is 1080. The Morgan fingerprint density at radius 2 is 1.76 bits per heavy atom. The van der Waals surface area contributed by atoms with E-state index in [2.05, 4.69) is 10.1 Å². The number of rotatable bonds is 3. The number of aromatic carboxylic acids is 1. The Hall–Kier alpha value is -3.47. The molecule has 0 aliphatic heterocycles. The van der Waals surface area contributed by atoms with Crippen molar-refractivity contribution in [3.63, 3.8) is 0 Å². The highest BCUT2D eigenvalue weighted by Crippen LogP contribution is 2.27. The molecule has 0 aliphatic carbocycles. The number of hydrogen-bond acceptors (Lipinski definition) is 3. The quantitative estimate of drug-likeness (QED) is 0.615. The molecule has 0 saturated carbocycles. The van der Waals surface area contributed by atoms with Crippen LogP contribution < -0.4 is 0 Å². The van der Waals surface area contributed by atoms with Crippen LogP contribution in [0.5, 0.6) is 0 Å². The lowest BCUT2D eigenvalue weighted by Gasteiger charge is -2.02. The first-order valence-electron chi connectivity index (χ1n) is 7.88. The third kappa shape index (κ3) is 2.65. The number of carboxylic acid groups (broad SMARTS) is 1. The fourth-order valence-corrected chi connectivity index (χ4v) is 2.92. The van der Waals surface area contributed by atoms with Gasteiger partial charge in [0.15, 0.2) is 0 Å². The van der Waals surface area contributed by atoms with E-state index in [4.69, 9.17) is 0 Å². The molecule has 1 N–H and O–H groups in total. The molecule has 0 spiro atoms. The van der Waals surface area contributed by atoms with E-state index in [1.165, 1.54) is 0 Å². The number of carboxylic acids is 1. The number of nitrogens with zero attached hydrogens (tertiary/aromatic N) is 3. The molecule has 5 nitrogen and oxygen atoms in total. The van der Waals surface area contributed by atoms with Crippen LogP contribution in [0.2, 0.25) is 0 Å². The second-order valence-corrected chi connectivity index (χ2v) is 5.81. The van der Waals surface area contributed by atoms with E-state index in [0.717, 1.165) is 16.8 Å². The lowest BCUT2D eigenvalue weighted by Crippen LogP contribution is -1.99. The Morgan fingerprint density at radius 3 is 2.48 bits per heavy atom. The summed E-state index contributed by atoms with van der Waals surface area (Å²) in [5, 5.41) is 14.2. The fourth-order valence-electron chi connectivity index (χ4n) is 2.92. The second kappa shape index (κ2) is 5.87. The van der Waals surface area contributed by atoms with Crippen LogP contribution in [0.4, 0.5) is 0 Å². The lowest BCUT2D eigenvalue weighted by molar-refractivity contribution is 0.0700. The van der Waals surface area contributed by atoms with E-state index in [0.29, 0.717) is 16.9 Å². The summed E-state index contributed by atoms with van der Waals surface area (Å²) < 4.78 is 1.62. The fraction of sp³-hybridized carbons (Fsp3) is 0.0500. The van der Waals surface area contributed by atoms with Crippen molar-refractivity contribution in [2.45, 2.75) is 6.92 Å². The third-order valence-electron chi connectivity index (χ3n) is 4.08. The molecule has 5 heteroatoms. The molecule has 1 aromatic carbocycles. The number of carbonyl (C=O) groups is 1. The minimum Gasteiger partial charge on any atom is -0.478 e. The molecule has 0 radical (unpaired) electrons. The highest BCUT2D eigenvalue weighted by atomic mass is 16.4. The maximum Gasteiger partial charge on any atom is 0.340 e. The average molecular weight is 329 g/mol. The second-order valence-electron chi connectivity index (χ2n) is 5.81. The zero-order valence-electron chi connectivity index (χ0n) is 13.5. The Kier molecular flexibility index (Phi) is 3.54. The predicted molar refractivity (Wildman–Crippen MR) is 95.6 cm³/mol. The number of aromatic nitrogens is 3. The van der Waals surface area contributed by atoms with E-state index < -0.39 is 5.97 Å². The van der Waals surface area contributed by atoms with Crippen LogP contribution in [0.25, 0.3) is 28.0 Å². The number of hydrogen-bond donors (Lipinski definition) is 1. The Balaban J connectivity index is 1.95. The predicted octanol–water partition coefficient (Wildman–Crippen LogP) is 4.07. The molecule has 3 heterocycles. The van der Waals surface area contributed by atoms with Crippen LogP contribution in [-0.2, 0) is 0 Å². The van der Waals surface area contributed by atoms with Gasteiger partial charge in [0.05, 0.1) is 11.2 Å². The molecule has 4 rings (SSSR count). The number of benzene rings is 1. The number of fused-ring (bicyclic) bond motifs is 1. The van der Waals surface area contributed by atoms with Crippen molar-refractivity contribution in [3.8, 4) is 22.5 Å². The van der Waals surface area contributed by atoms with E-state index in [1.807, 2.05) is 61.7 Å². The van der Waals surface area contributed by atoms with Crippen LogP contribution in [0.3, 0.4) is 0 Å². The Labute approximate surface area is 144 Å². The summed E-state index contributed by atoms with van der Waals surface area (Å²) in [6, 6.07) is 19.1. The molecule has 122 valence electrons. The summed E-state index contributed by atoms with van der Waals surface area (Å²) in [5.74, 6) is -1.01. The molecule has 0 unspecified atom stereocenters. The van der Waals surface area contributed by atoms with Crippen molar-refractivity contribution in [1.82, 2.24) is 14.6 Å². The van der Waals surface area contributed by atoms with Crippen molar-refractivity contribution < 1.29 is 9.90 Å². The molecule has 0 aliphatic rings. The molecule has 0 fully saturated rings. The SMILES string of the molecule is Cc1cccc(-c2nn3cc(-c4ccccc4)ccc3c2C(=O)O)n1. The number of aryl methyl sites for hydroxylation is 1. The summed E-state index contributed by atoms with van der Waals surface area (Å²) in [5.41, 5.74) is 4.48. The van der Waals surface area contributed by atoms with Crippen LogP contribution in [0, 0.1) is 6.92 Å². The summed E-state index contributed by atoms with van der Waals surface area (Å²) in [7, 11) is 0. The van der Waals surface area contributed by atoms with Gasteiger partial charge in [-0.25, -0.2) is 9.31 Å². The van der Waals surface area contributed by atoms with Gasteiger partial charge in [0.2, 0.25) is 0 Å². The van der Waals surface area contributed by atoms with Crippen LogP contribution in [0.15, 0.2) is 66.9 Å². The number of pyridine rings is 2. The summed E-state index contributed by atoms with van der Waals surface area (Å²) >= 11 is 0. The standard InChI is InChI=1S/C20H15N3O2/c1-13-6-5-9-16(21-13)19-18(20(24)25)17-11-10-15(12-23(17)22-19)14-7-3-2-4-8-14/h2-12H,1H3,(H,24,25). The third-order valence-corrected chi connectivity index (χ3v) is 4.08. The molecule has 25 heavy (non-hydrogen) atoms. The molecule has 4 aromatic rings. The van der Waals surface area contributed by atoms with Gasteiger partial charge in [-0.15, -0.1) is 0 Å². The van der Waals surface area contributed by atoms with Gasteiger partial charge < -0.3 is 5.11 Å². The first-order valence-corrected chi connectivity index (χ1v) is 7.88. The molecular formula is C20H15N3O2. The molecule has 0 amide bonds. The van der Waals surface area contributed by atoms with Crippen molar-refractivity contribution in [2.24, 2.45) is 0 Å². The van der Waals surface area contributed by atoms with Gasteiger partial charge >= 0.3 is 5.97 Å². The first-order chi connectivity index (χ1) is 12.1. The molecule has 0 atom stereocenters. The maximum atomic E-state index is 11.8. The van der Waals surface area contributed by atoms with E-state index in [1.54, 1.807) is 16.6 Å². The van der Waals surface area contributed by atoms with Crippen LogP contribution in [-0.4, -0.2) is 25.7 Å². The highest BCUT2D eigenvalue weighted by Gasteiger charge is 2.21. The van der Waals surface area contributed by atoms with E-state index >= 15 is 0 Å². The van der Waals surface area contributed by atoms with Gasteiger partial charge in [-0.3, -0.25) is 4.98 Å². The topological polar surface area (TPSA) is 67.5 Å². The molecule has 0 bridgehead atoms. The van der Waals surface area contributed by atoms with Crippen LogP contribution in [0.1, 0.15) is 16.1 Å². The zero-order valence-corrected chi connectivity index (χ0v) is 13.5. The van der Waals surface area contributed by atoms with Gasteiger partial charge in [0, 0.05) is 17.5 Å². The van der Waals surface area contributed by atoms with Gasteiger partial charge in [0.1, 0.15) is 11.3 Å². The van der Waals surface area contributed by atoms with Crippen LogP contribution >= 0.6 is 0 Å². The normalized spacial score (nSPS) is 10.9. The smallest absolute Gasteiger partial charge is 0.340 e. The van der Waals surface area contributed by atoms with Gasteiger partial charge in [-0.1, -0.05) is 42.5 Å². The average Bonchev–Trinajstić information content (AvgIpc) is 3.01. The first kappa shape index (κ1) is 15.1. The minimum absolute atomic E-state index is 0.165. The lowest BCUT2D eigenvalue weighted by atomic mass is 10.1. The molecular weight excluding hydrogens is 314 g/mol. The monoisotopic (exact) mass is 329 g/mol. The van der Waals surface area contributed by atoms with Gasteiger partial charge in [0.25, 0.3) is 0 Å². The summed E-state index contributed by atoms with van der Waals surface area (Å²) in [6.07, 6.45) is 1.84. The van der Waals surface area contributed by atoms with E-state index in [-0.39, 0.29) is 5.56 Å². The highest BCUT2D eigenvalue weighted by molar-refractivity contribution is 6.02. The molecule has 0 saturated heterocycles. The maximum absolute atomic E-state index is 11.8. The Morgan fingerprint density at radius 1 is 0.960 bits per heavy atom. The summed E-state index contributed by atoms with van der Waals surface area (Å²) in [4.78, 5) is 16.3.